The van der Waals surface area contributed by atoms with E-state index in [4.69, 9.17) is 5.73 Å². The van der Waals surface area contributed by atoms with Crippen LogP contribution in [0.15, 0.2) is 27.8 Å². The van der Waals surface area contributed by atoms with Crippen LogP contribution in [-0.2, 0) is 13.1 Å². The van der Waals surface area contributed by atoms with Crippen molar-refractivity contribution in [2.24, 2.45) is 0 Å². The molecule has 0 atom stereocenters. The number of hydrogen-bond donors (Lipinski definition) is 2. The molecule has 2 aromatic rings. The smallest absolute Gasteiger partial charge is 0.330 e. The van der Waals surface area contributed by atoms with Crippen LogP contribution in [-0.4, -0.2) is 21.5 Å². The average Bonchev–Trinajstić information content (AvgIpc) is 2.56. The van der Waals surface area contributed by atoms with Crippen molar-refractivity contribution in [2.75, 3.05) is 17.7 Å². The Hall–Kier alpha value is -3.10. The van der Waals surface area contributed by atoms with E-state index in [9.17, 15) is 19.7 Å². The summed E-state index contributed by atoms with van der Waals surface area (Å²) in [5.41, 5.74) is 6.39. The van der Waals surface area contributed by atoms with E-state index in [1.165, 1.54) is 10.6 Å². The number of nitrogens with two attached hydrogens (primary N) is 1. The number of hydrogen-bond acceptors (Lipinski definition) is 6. The van der Waals surface area contributed by atoms with Crippen LogP contribution >= 0.6 is 0 Å². The molecule has 0 spiro atoms. The van der Waals surface area contributed by atoms with E-state index >= 15 is 0 Å². The molecule has 3 N–H and O–H groups in total. The van der Waals surface area contributed by atoms with Crippen molar-refractivity contribution < 1.29 is 4.92 Å². The average molecular weight is 361 g/mol. The minimum atomic E-state index is -0.578. The highest BCUT2D eigenvalue weighted by atomic mass is 16.6. The number of benzene rings is 1. The maximum Gasteiger partial charge on any atom is 0.330 e. The van der Waals surface area contributed by atoms with Gasteiger partial charge < -0.3 is 10.6 Å². The summed E-state index contributed by atoms with van der Waals surface area (Å²) < 4.78 is 1.34. The SMILES string of the molecule is CCCCn1c(N)c(N(C)Cc2cccc([N+](=O)[O-])c2C)c(=O)[nH]c1=O. The number of anilines is 2. The number of nitrogens with one attached hydrogen (secondary N) is 1. The Morgan fingerprint density at radius 3 is 2.65 bits per heavy atom. The Kier molecular flexibility index (Phi) is 5.81. The molecule has 0 amide bonds. The molecule has 1 aromatic heterocycles. The summed E-state index contributed by atoms with van der Waals surface area (Å²) in [4.78, 5) is 38.8. The van der Waals surface area contributed by atoms with Crippen molar-refractivity contribution >= 4 is 17.2 Å². The molecule has 0 saturated carbocycles. The van der Waals surface area contributed by atoms with E-state index < -0.39 is 16.2 Å². The van der Waals surface area contributed by atoms with Gasteiger partial charge >= 0.3 is 5.69 Å². The van der Waals surface area contributed by atoms with Crippen LogP contribution in [0.2, 0.25) is 0 Å². The summed E-state index contributed by atoms with van der Waals surface area (Å²) in [5, 5.41) is 11.1. The minimum Gasteiger partial charge on any atom is -0.383 e. The molecule has 2 rings (SSSR count). The number of nitrogens with zero attached hydrogens (tertiary/aromatic N) is 3. The summed E-state index contributed by atoms with van der Waals surface area (Å²) in [6.07, 6.45) is 1.63. The standard InChI is InChI=1S/C17H23N5O4/c1-4-5-9-21-15(18)14(16(23)19-17(21)24)20(3)10-12-7-6-8-13(11(12)2)22(25)26/h6-8H,4-5,9-10,18H2,1-3H3,(H,19,23,24). The van der Waals surface area contributed by atoms with Crippen LogP contribution in [0.25, 0.3) is 0 Å². The Balaban J connectivity index is 2.43. The first-order chi connectivity index (χ1) is 12.3. The Labute approximate surface area is 150 Å². The number of nitro benzene ring substituents is 1. The molecule has 26 heavy (non-hydrogen) atoms. The number of aromatic amines is 1. The van der Waals surface area contributed by atoms with Crippen LogP contribution in [0.4, 0.5) is 17.2 Å². The molecule has 0 aliphatic heterocycles. The quantitative estimate of drug-likeness (QED) is 0.571. The minimum absolute atomic E-state index is 0.0192. The van der Waals surface area contributed by atoms with E-state index in [0.717, 1.165) is 12.8 Å². The molecule has 0 fully saturated rings. The van der Waals surface area contributed by atoms with Gasteiger partial charge in [0.2, 0.25) is 0 Å². The molecule has 0 bridgehead atoms. The Morgan fingerprint density at radius 1 is 1.35 bits per heavy atom. The zero-order chi connectivity index (χ0) is 19.4. The fraction of sp³-hybridized carbons (Fsp3) is 0.412. The summed E-state index contributed by atoms with van der Waals surface area (Å²) >= 11 is 0. The van der Waals surface area contributed by atoms with Gasteiger partial charge in [0.15, 0.2) is 0 Å². The lowest BCUT2D eigenvalue weighted by Gasteiger charge is -2.22. The zero-order valence-corrected chi connectivity index (χ0v) is 15.1. The topological polar surface area (TPSA) is 127 Å². The third-order valence-electron chi connectivity index (χ3n) is 4.35. The van der Waals surface area contributed by atoms with Gasteiger partial charge in [0.05, 0.1) is 4.92 Å². The first-order valence-electron chi connectivity index (χ1n) is 8.34. The van der Waals surface area contributed by atoms with E-state index in [1.807, 2.05) is 6.92 Å². The zero-order valence-electron chi connectivity index (χ0n) is 15.1. The number of nitrogen functional groups attached to an aromatic ring is 1. The molecular weight excluding hydrogens is 338 g/mol. The van der Waals surface area contributed by atoms with Crippen molar-refractivity contribution in [3.05, 3.63) is 60.3 Å². The second-order valence-electron chi connectivity index (χ2n) is 6.17. The molecule has 0 aliphatic rings. The van der Waals surface area contributed by atoms with Gasteiger partial charge in [-0.25, -0.2) is 4.79 Å². The van der Waals surface area contributed by atoms with Gasteiger partial charge in [-0.05, 0) is 18.9 Å². The number of unbranched alkanes of at least 4 members (excludes halogenated alkanes) is 1. The third-order valence-corrected chi connectivity index (χ3v) is 4.35. The predicted octanol–water partition coefficient (Wildman–Crippen LogP) is 1.77. The van der Waals surface area contributed by atoms with Crippen molar-refractivity contribution in [3.63, 3.8) is 0 Å². The highest BCUT2D eigenvalue weighted by Crippen LogP contribution is 2.24. The summed E-state index contributed by atoms with van der Waals surface area (Å²) in [7, 11) is 1.66. The maximum atomic E-state index is 12.3. The molecule has 9 heteroatoms. The molecular formula is C17H23N5O4. The lowest BCUT2D eigenvalue weighted by Crippen LogP contribution is -2.37. The van der Waals surface area contributed by atoms with Crippen molar-refractivity contribution in [3.8, 4) is 0 Å². The number of H-pyrrole nitrogens is 1. The van der Waals surface area contributed by atoms with Crippen LogP contribution in [0.3, 0.4) is 0 Å². The molecule has 1 heterocycles. The molecule has 140 valence electrons. The number of aromatic nitrogens is 2. The van der Waals surface area contributed by atoms with Crippen molar-refractivity contribution in [2.45, 2.75) is 39.8 Å². The molecule has 0 saturated heterocycles. The summed E-state index contributed by atoms with van der Waals surface area (Å²) in [5.74, 6) is 0.0952. The third kappa shape index (κ3) is 3.76. The molecule has 0 unspecified atom stereocenters. The molecule has 1 aromatic carbocycles. The van der Waals surface area contributed by atoms with E-state index in [0.29, 0.717) is 17.7 Å². The lowest BCUT2D eigenvalue weighted by molar-refractivity contribution is -0.385. The van der Waals surface area contributed by atoms with Gasteiger partial charge in [-0.15, -0.1) is 0 Å². The molecule has 0 aliphatic carbocycles. The second-order valence-corrected chi connectivity index (χ2v) is 6.17. The van der Waals surface area contributed by atoms with Crippen LogP contribution in [0.5, 0.6) is 0 Å². The van der Waals surface area contributed by atoms with E-state index in [-0.39, 0.29) is 23.7 Å². The summed E-state index contributed by atoms with van der Waals surface area (Å²) in [6, 6.07) is 4.80. The highest BCUT2D eigenvalue weighted by molar-refractivity contribution is 5.62. The lowest BCUT2D eigenvalue weighted by atomic mass is 10.1. The predicted molar refractivity (Wildman–Crippen MR) is 101 cm³/mol. The maximum absolute atomic E-state index is 12.3. The van der Waals surface area contributed by atoms with Gasteiger partial charge in [-0.3, -0.25) is 24.5 Å². The molecule has 9 nitrogen and oxygen atoms in total. The van der Waals surface area contributed by atoms with Crippen molar-refractivity contribution in [1.82, 2.24) is 9.55 Å². The van der Waals surface area contributed by atoms with E-state index in [1.54, 1.807) is 31.0 Å². The Morgan fingerprint density at radius 2 is 2.04 bits per heavy atom. The van der Waals surface area contributed by atoms with Gasteiger partial charge in [0.1, 0.15) is 11.5 Å². The molecule has 0 radical (unpaired) electrons. The Bertz CT molecular complexity index is 932. The first kappa shape index (κ1) is 19.2. The van der Waals surface area contributed by atoms with Crippen LogP contribution in [0, 0.1) is 17.0 Å². The normalized spacial score (nSPS) is 10.7. The van der Waals surface area contributed by atoms with Gasteiger partial charge in [0.25, 0.3) is 11.2 Å². The van der Waals surface area contributed by atoms with Gasteiger partial charge in [0, 0.05) is 31.8 Å². The van der Waals surface area contributed by atoms with Crippen LogP contribution < -0.4 is 21.9 Å². The monoisotopic (exact) mass is 361 g/mol. The highest BCUT2D eigenvalue weighted by Gasteiger charge is 2.19. The fourth-order valence-electron chi connectivity index (χ4n) is 2.86. The fourth-order valence-corrected chi connectivity index (χ4v) is 2.86. The number of rotatable bonds is 7. The van der Waals surface area contributed by atoms with Crippen molar-refractivity contribution in [1.29, 1.82) is 0 Å². The van der Waals surface area contributed by atoms with Gasteiger partial charge in [-0.1, -0.05) is 25.5 Å². The van der Waals surface area contributed by atoms with Gasteiger partial charge in [-0.2, -0.15) is 0 Å². The largest absolute Gasteiger partial charge is 0.383 e. The number of nitro groups is 1. The van der Waals surface area contributed by atoms with E-state index in [2.05, 4.69) is 4.98 Å². The summed E-state index contributed by atoms with van der Waals surface area (Å²) in [6.45, 7) is 4.31. The second kappa shape index (κ2) is 7.85. The first-order valence-corrected chi connectivity index (χ1v) is 8.34. The van der Waals surface area contributed by atoms with Crippen LogP contribution in [0.1, 0.15) is 30.9 Å².